The Morgan fingerprint density at radius 1 is 1.02 bits per heavy atom. The first-order valence-corrected chi connectivity index (χ1v) is 13.1. The number of hydrogen-bond acceptors (Lipinski definition) is 4. The highest BCUT2D eigenvalue weighted by molar-refractivity contribution is 6.31. The molecule has 2 amide bonds. The predicted molar refractivity (Wildman–Crippen MR) is 148 cm³/mol. The second-order valence-corrected chi connectivity index (χ2v) is 10.7. The number of para-hydroxylation sites is 1. The number of carbonyl (C=O) groups is 2. The molecule has 1 atom stereocenters. The largest absolute Gasteiger partial charge is 0.434 e. The summed E-state index contributed by atoms with van der Waals surface area (Å²) < 4.78 is 33.2. The SMILES string of the molecule is Cc1ccc2c(c1)NC(=O)C21c2c(nc(-c3ccccc3OC(F)F)n2C(C)C)C(=O)N1c1cc(Cl)ccc1C. The van der Waals surface area contributed by atoms with Gasteiger partial charge in [-0.15, -0.1) is 0 Å². The summed E-state index contributed by atoms with van der Waals surface area (Å²) in [5.74, 6) is -0.763. The topological polar surface area (TPSA) is 76.5 Å². The Morgan fingerprint density at radius 3 is 2.50 bits per heavy atom. The molecule has 3 heterocycles. The number of amides is 2. The van der Waals surface area contributed by atoms with Crippen LogP contribution in [0.2, 0.25) is 5.02 Å². The first-order chi connectivity index (χ1) is 19.0. The molecule has 204 valence electrons. The molecule has 1 N–H and O–H groups in total. The summed E-state index contributed by atoms with van der Waals surface area (Å²) in [5, 5.41) is 3.39. The van der Waals surface area contributed by atoms with E-state index in [0.29, 0.717) is 27.7 Å². The number of imidazole rings is 1. The van der Waals surface area contributed by atoms with E-state index in [-0.39, 0.29) is 28.9 Å². The Bertz CT molecular complexity index is 1720. The average molecular weight is 563 g/mol. The molecule has 2 aliphatic rings. The van der Waals surface area contributed by atoms with E-state index in [2.05, 4.69) is 5.32 Å². The number of rotatable bonds is 5. The molecule has 0 aliphatic carbocycles. The quantitative estimate of drug-likeness (QED) is 0.288. The molecule has 0 saturated heterocycles. The third-order valence-electron chi connectivity index (χ3n) is 7.41. The average Bonchev–Trinajstić information content (AvgIpc) is 3.49. The third-order valence-corrected chi connectivity index (χ3v) is 7.64. The molecule has 4 aromatic rings. The van der Waals surface area contributed by atoms with Gasteiger partial charge in [0.2, 0.25) is 0 Å². The van der Waals surface area contributed by atoms with Gasteiger partial charge in [0.15, 0.2) is 11.2 Å². The highest BCUT2D eigenvalue weighted by Gasteiger charge is 2.64. The fourth-order valence-corrected chi connectivity index (χ4v) is 5.98. The van der Waals surface area contributed by atoms with E-state index in [0.717, 1.165) is 11.1 Å². The van der Waals surface area contributed by atoms with Gasteiger partial charge < -0.3 is 14.6 Å². The third kappa shape index (κ3) is 3.57. The van der Waals surface area contributed by atoms with Crippen LogP contribution in [0.5, 0.6) is 5.75 Å². The van der Waals surface area contributed by atoms with Crippen molar-refractivity contribution in [1.82, 2.24) is 9.55 Å². The van der Waals surface area contributed by atoms with Crippen molar-refractivity contribution >= 4 is 34.8 Å². The minimum atomic E-state index is -3.06. The fraction of sp³-hybridized carbons (Fsp3) is 0.233. The number of carbonyl (C=O) groups excluding carboxylic acids is 2. The Balaban J connectivity index is 1.72. The summed E-state index contributed by atoms with van der Waals surface area (Å²) in [6.07, 6.45) is 0. The number of alkyl halides is 2. The van der Waals surface area contributed by atoms with Crippen LogP contribution in [0.25, 0.3) is 11.4 Å². The standard InChI is InChI=1S/C30H25ClF2N4O3/c1-15(2)36-25-24(35-26(36)19-7-5-6-8-23(19)40-29(32)33)27(38)37(22-14-18(31)11-10-17(22)4)30(25)20-12-9-16(3)13-21(20)34-28(30)39/h5-15,29H,1-4H3,(H,34,39). The number of fused-ring (bicyclic) bond motifs is 4. The molecular weight excluding hydrogens is 538 g/mol. The maximum absolute atomic E-state index is 14.4. The summed E-state index contributed by atoms with van der Waals surface area (Å²) >= 11 is 6.39. The van der Waals surface area contributed by atoms with Crippen LogP contribution in [0.4, 0.5) is 20.2 Å². The second-order valence-electron chi connectivity index (χ2n) is 10.3. The van der Waals surface area contributed by atoms with Crippen molar-refractivity contribution in [2.75, 3.05) is 10.2 Å². The molecule has 0 bridgehead atoms. The molecular formula is C30H25ClF2N4O3. The first kappa shape index (κ1) is 26.0. The van der Waals surface area contributed by atoms with Crippen LogP contribution in [-0.4, -0.2) is 28.0 Å². The number of benzene rings is 3. The van der Waals surface area contributed by atoms with Crippen molar-refractivity contribution in [3.05, 3.63) is 93.8 Å². The number of anilines is 2. The van der Waals surface area contributed by atoms with Crippen molar-refractivity contribution in [3.8, 4) is 17.1 Å². The second kappa shape index (κ2) is 9.16. The lowest BCUT2D eigenvalue weighted by molar-refractivity contribution is -0.119. The van der Waals surface area contributed by atoms with Crippen molar-refractivity contribution in [1.29, 1.82) is 0 Å². The van der Waals surface area contributed by atoms with Crippen LogP contribution in [0, 0.1) is 13.8 Å². The summed E-state index contributed by atoms with van der Waals surface area (Å²) in [5.41, 5.74) is 2.37. The number of halogens is 3. The lowest BCUT2D eigenvalue weighted by Gasteiger charge is -2.36. The van der Waals surface area contributed by atoms with Gasteiger partial charge in [-0.2, -0.15) is 8.78 Å². The lowest BCUT2D eigenvalue weighted by Crippen LogP contribution is -2.51. The Morgan fingerprint density at radius 2 is 1.77 bits per heavy atom. The Labute approximate surface area is 234 Å². The van der Waals surface area contributed by atoms with Crippen molar-refractivity contribution < 1.29 is 23.1 Å². The number of nitrogens with one attached hydrogen (secondary N) is 1. The van der Waals surface area contributed by atoms with Gasteiger partial charge in [-0.1, -0.05) is 41.9 Å². The van der Waals surface area contributed by atoms with Gasteiger partial charge in [-0.25, -0.2) is 4.98 Å². The van der Waals surface area contributed by atoms with Gasteiger partial charge in [-0.05, 0) is 69.2 Å². The van der Waals surface area contributed by atoms with E-state index in [1.54, 1.807) is 41.0 Å². The minimum Gasteiger partial charge on any atom is -0.434 e. The minimum absolute atomic E-state index is 0.0542. The molecule has 6 rings (SSSR count). The van der Waals surface area contributed by atoms with Crippen LogP contribution in [-0.2, 0) is 10.3 Å². The van der Waals surface area contributed by atoms with Gasteiger partial charge in [0.05, 0.1) is 16.9 Å². The molecule has 10 heteroatoms. The van der Waals surface area contributed by atoms with Crippen LogP contribution >= 0.6 is 11.6 Å². The summed E-state index contributed by atoms with van der Waals surface area (Å²) in [6.45, 7) is 4.47. The summed E-state index contributed by atoms with van der Waals surface area (Å²) in [4.78, 5) is 34.9. The normalized spacial score (nSPS) is 17.7. The summed E-state index contributed by atoms with van der Waals surface area (Å²) in [6, 6.07) is 16.7. The van der Waals surface area contributed by atoms with E-state index in [1.807, 2.05) is 45.9 Å². The first-order valence-electron chi connectivity index (χ1n) is 12.8. The van der Waals surface area contributed by atoms with Crippen molar-refractivity contribution in [3.63, 3.8) is 0 Å². The van der Waals surface area contributed by atoms with Gasteiger partial charge in [0, 0.05) is 22.3 Å². The maximum atomic E-state index is 14.4. The lowest BCUT2D eigenvalue weighted by atomic mass is 9.86. The predicted octanol–water partition coefficient (Wildman–Crippen LogP) is 6.86. The van der Waals surface area contributed by atoms with Gasteiger partial charge >= 0.3 is 6.61 Å². The van der Waals surface area contributed by atoms with Crippen molar-refractivity contribution in [2.45, 2.75) is 45.9 Å². The van der Waals surface area contributed by atoms with Gasteiger partial charge in [-0.3, -0.25) is 14.5 Å². The number of ether oxygens (including phenoxy) is 1. The van der Waals surface area contributed by atoms with Crippen LogP contribution in [0.3, 0.4) is 0 Å². The molecule has 40 heavy (non-hydrogen) atoms. The van der Waals surface area contributed by atoms with E-state index in [9.17, 15) is 18.4 Å². The van der Waals surface area contributed by atoms with E-state index < -0.39 is 24.0 Å². The molecule has 0 fully saturated rings. The number of nitrogens with zero attached hydrogens (tertiary/aromatic N) is 3. The number of aromatic nitrogens is 2. The number of hydrogen-bond donors (Lipinski definition) is 1. The highest BCUT2D eigenvalue weighted by atomic mass is 35.5. The maximum Gasteiger partial charge on any atom is 0.387 e. The van der Waals surface area contributed by atoms with Gasteiger partial charge in [0.1, 0.15) is 11.6 Å². The zero-order valence-corrected chi connectivity index (χ0v) is 22.9. The van der Waals surface area contributed by atoms with E-state index in [1.165, 1.54) is 11.0 Å². The summed E-state index contributed by atoms with van der Waals surface area (Å²) in [7, 11) is 0. The van der Waals surface area contributed by atoms with Crippen LogP contribution in [0.15, 0.2) is 60.7 Å². The Hall–Kier alpha value is -4.24. The molecule has 3 aromatic carbocycles. The number of aryl methyl sites for hydroxylation is 2. The molecule has 0 saturated carbocycles. The van der Waals surface area contributed by atoms with Crippen molar-refractivity contribution in [2.24, 2.45) is 0 Å². The smallest absolute Gasteiger partial charge is 0.387 e. The zero-order valence-electron chi connectivity index (χ0n) is 22.1. The monoisotopic (exact) mass is 562 g/mol. The molecule has 1 aromatic heterocycles. The molecule has 2 aliphatic heterocycles. The molecule has 7 nitrogen and oxygen atoms in total. The molecule has 1 spiro atoms. The van der Waals surface area contributed by atoms with Crippen LogP contribution in [0.1, 0.15) is 52.8 Å². The molecule has 1 unspecified atom stereocenters. The zero-order chi connectivity index (χ0) is 28.5. The molecule has 0 radical (unpaired) electrons. The van der Waals surface area contributed by atoms with E-state index in [4.69, 9.17) is 21.3 Å². The fourth-order valence-electron chi connectivity index (χ4n) is 5.82. The van der Waals surface area contributed by atoms with E-state index >= 15 is 0 Å². The highest BCUT2D eigenvalue weighted by Crippen LogP contribution is 2.55. The van der Waals surface area contributed by atoms with Crippen LogP contribution < -0.4 is 15.0 Å². The Kier molecular flexibility index (Phi) is 5.96. The van der Waals surface area contributed by atoms with Gasteiger partial charge in [0.25, 0.3) is 11.8 Å².